The van der Waals surface area contributed by atoms with Gasteiger partial charge >= 0.3 is 6.09 Å². The molecule has 2 aliphatic heterocycles. The minimum Gasteiger partial charge on any atom is -0.444 e. The largest absolute Gasteiger partial charge is 0.444 e. The average Bonchev–Trinajstić information content (AvgIpc) is 3.69. The number of hydrogen-bond donors (Lipinski definition) is 3. The zero-order valence-corrected chi connectivity index (χ0v) is 32.9. The van der Waals surface area contributed by atoms with Gasteiger partial charge in [-0.2, -0.15) is 5.10 Å². The Morgan fingerprint density at radius 2 is 1.73 bits per heavy atom. The highest BCUT2D eigenvalue weighted by Crippen LogP contribution is 2.34. The fourth-order valence-corrected chi connectivity index (χ4v) is 7.88. The van der Waals surface area contributed by atoms with Crippen molar-refractivity contribution in [2.45, 2.75) is 64.6 Å². The Morgan fingerprint density at radius 1 is 0.966 bits per heavy atom. The first-order valence-corrected chi connectivity index (χ1v) is 19.6. The zero-order valence-electron chi connectivity index (χ0n) is 32.9. The molecule has 2 fully saturated rings. The van der Waals surface area contributed by atoms with Crippen molar-refractivity contribution in [2.75, 3.05) is 37.4 Å². The number of fused-ring (bicyclic) bond motifs is 3. The Labute approximate surface area is 336 Å². The summed E-state index contributed by atoms with van der Waals surface area (Å²) in [6.45, 7) is 8.03. The third-order valence-electron chi connectivity index (χ3n) is 10.9. The number of hydrogen-bond acceptors (Lipinski definition) is 9. The first-order valence-electron chi connectivity index (χ1n) is 19.6. The normalized spacial score (nSPS) is 15.5. The molecule has 0 atom stereocenters. The molecule has 0 radical (unpaired) electrons. The molecule has 59 heavy (non-hydrogen) atoms. The minimum atomic E-state index is -0.809. The molecule has 0 spiro atoms. The predicted octanol–water partition coefficient (Wildman–Crippen LogP) is 6.88. The Hall–Kier alpha value is -6.42. The van der Waals surface area contributed by atoms with Crippen molar-refractivity contribution in [3.63, 3.8) is 0 Å². The number of nitrogens with one attached hydrogen (secondary N) is 2. The van der Waals surface area contributed by atoms with Gasteiger partial charge in [-0.15, -0.1) is 0 Å². The lowest BCUT2D eigenvalue weighted by Gasteiger charge is -2.33. The number of anilines is 2. The van der Waals surface area contributed by atoms with Crippen LogP contribution in [0.5, 0.6) is 0 Å². The summed E-state index contributed by atoms with van der Waals surface area (Å²) < 4.78 is 44.6. The Balaban J connectivity index is 1.04. The summed E-state index contributed by atoms with van der Waals surface area (Å²) in [5.74, 6) is -1.90. The highest BCUT2D eigenvalue weighted by Gasteiger charge is 2.28. The fraction of sp³-hybridized carbons (Fsp3) is 0.349. The molecule has 2 aromatic carbocycles. The SMILES string of the molecule is CC(C)(C)OC(=O)N1CCC(n2cc(-c3cnc(N)c(-c4ccc(NC(=O)c5cn(CC6CCOCC6)c6c(=O)[nH]c7cc(F)ccc7c6c5=O)cc4F)c3)cn2)CC1. The molecule has 2 aliphatic rings. The quantitative estimate of drug-likeness (QED) is 0.145. The number of ether oxygens (including phenoxy) is 2. The Kier molecular flexibility index (Phi) is 10.5. The lowest BCUT2D eigenvalue weighted by Crippen LogP contribution is -2.42. The van der Waals surface area contributed by atoms with E-state index in [-0.39, 0.29) is 62.5 Å². The standard InChI is InChI=1S/C43H44F2N8O6/c1-43(2,3)59-42(57)51-12-8-29(9-13-51)53-22-26(20-48-53)25-16-32(39(46)47-19-25)30-7-5-28(18-34(30)45)49-40(55)33-23-52(21-24-10-14-58-15-11-24)37-36(38(33)54)31-6-4-27(44)17-35(31)50-41(37)56/h4-7,16-20,22-24,29H,8-15,21H2,1-3H3,(H2,46,47)(H,49,55)(H,50,56). The van der Waals surface area contributed by atoms with E-state index in [1.807, 2.05) is 31.6 Å². The summed E-state index contributed by atoms with van der Waals surface area (Å²) in [5.41, 5.74) is 6.27. The number of carbonyl (C=O) groups excluding carboxylic acids is 2. The molecule has 8 rings (SSSR count). The highest BCUT2D eigenvalue weighted by molar-refractivity contribution is 6.10. The van der Waals surface area contributed by atoms with Gasteiger partial charge in [-0.1, -0.05) is 0 Å². The number of piperidine rings is 1. The number of amides is 2. The van der Waals surface area contributed by atoms with Crippen LogP contribution in [0.25, 0.3) is 44.1 Å². The topological polar surface area (TPSA) is 179 Å². The highest BCUT2D eigenvalue weighted by atomic mass is 19.1. The van der Waals surface area contributed by atoms with Crippen LogP contribution in [-0.2, 0) is 16.0 Å². The zero-order chi connectivity index (χ0) is 41.6. The number of halogens is 2. The van der Waals surface area contributed by atoms with E-state index in [9.17, 15) is 23.6 Å². The molecule has 6 aromatic rings. The summed E-state index contributed by atoms with van der Waals surface area (Å²) in [6, 6.07) is 9.60. The number of nitrogens with zero attached hydrogens (tertiary/aromatic N) is 5. The summed E-state index contributed by atoms with van der Waals surface area (Å²) in [4.78, 5) is 62.6. The molecule has 0 saturated carbocycles. The Morgan fingerprint density at radius 3 is 2.46 bits per heavy atom. The first kappa shape index (κ1) is 39.4. The van der Waals surface area contributed by atoms with Crippen LogP contribution in [-0.4, -0.2) is 73.1 Å². The van der Waals surface area contributed by atoms with E-state index < -0.39 is 34.1 Å². The van der Waals surface area contributed by atoms with E-state index in [4.69, 9.17) is 15.2 Å². The number of carbonyl (C=O) groups is 2. The first-order chi connectivity index (χ1) is 28.2. The molecular formula is C43H44F2N8O6. The predicted molar refractivity (Wildman–Crippen MR) is 219 cm³/mol. The van der Waals surface area contributed by atoms with Crippen LogP contribution in [0.4, 0.5) is 25.1 Å². The van der Waals surface area contributed by atoms with Gasteiger partial charge in [-0.05, 0) is 94.8 Å². The lowest BCUT2D eigenvalue weighted by molar-refractivity contribution is 0.0184. The summed E-state index contributed by atoms with van der Waals surface area (Å²) in [6.07, 6.45) is 9.06. The third-order valence-corrected chi connectivity index (χ3v) is 10.9. The van der Waals surface area contributed by atoms with Crippen molar-refractivity contribution in [1.82, 2.24) is 29.2 Å². The van der Waals surface area contributed by atoms with Gasteiger partial charge in [0.15, 0.2) is 0 Å². The van der Waals surface area contributed by atoms with Gasteiger partial charge in [0, 0.05) is 84.8 Å². The number of aromatic amines is 1. The smallest absolute Gasteiger partial charge is 0.410 e. The van der Waals surface area contributed by atoms with Gasteiger partial charge in [0.25, 0.3) is 11.5 Å². The molecule has 0 aliphatic carbocycles. The van der Waals surface area contributed by atoms with Crippen LogP contribution in [0.2, 0.25) is 0 Å². The average molecular weight is 807 g/mol. The van der Waals surface area contributed by atoms with Crippen molar-refractivity contribution in [2.24, 2.45) is 5.92 Å². The molecule has 2 saturated heterocycles. The summed E-state index contributed by atoms with van der Waals surface area (Å²) in [5, 5.41) is 7.50. The van der Waals surface area contributed by atoms with E-state index in [0.717, 1.165) is 30.5 Å². The molecule has 306 valence electrons. The number of H-pyrrole nitrogens is 1. The van der Waals surface area contributed by atoms with E-state index in [1.54, 1.807) is 27.9 Å². The van der Waals surface area contributed by atoms with Crippen molar-refractivity contribution >= 4 is 45.3 Å². The van der Waals surface area contributed by atoms with Gasteiger partial charge in [-0.3, -0.25) is 19.1 Å². The van der Waals surface area contributed by atoms with Crippen LogP contribution in [0, 0.1) is 17.6 Å². The number of pyridine rings is 3. The second kappa shape index (κ2) is 15.7. The van der Waals surface area contributed by atoms with Crippen LogP contribution in [0.3, 0.4) is 0 Å². The van der Waals surface area contributed by atoms with Crippen molar-refractivity contribution in [3.05, 3.63) is 105 Å². The third kappa shape index (κ3) is 8.17. The van der Waals surface area contributed by atoms with Gasteiger partial charge in [-0.25, -0.2) is 18.6 Å². The number of aromatic nitrogens is 5. The number of rotatable bonds is 7. The summed E-state index contributed by atoms with van der Waals surface area (Å²) >= 11 is 0. The lowest BCUT2D eigenvalue weighted by atomic mass is 9.99. The molecule has 0 bridgehead atoms. The van der Waals surface area contributed by atoms with Crippen LogP contribution < -0.4 is 22.0 Å². The second-order valence-electron chi connectivity index (χ2n) is 16.2. The number of benzene rings is 2. The van der Waals surface area contributed by atoms with E-state index >= 15 is 4.39 Å². The maximum Gasteiger partial charge on any atom is 0.410 e. The molecule has 2 amide bonds. The maximum absolute atomic E-state index is 16.0. The van der Waals surface area contributed by atoms with Gasteiger partial charge in [0.05, 0.1) is 23.1 Å². The molecule has 16 heteroatoms. The van der Waals surface area contributed by atoms with Crippen molar-refractivity contribution in [3.8, 4) is 22.3 Å². The van der Waals surface area contributed by atoms with Gasteiger partial charge < -0.3 is 35.0 Å². The fourth-order valence-electron chi connectivity index (χ4n) is 7.88. The Bertz CT molecular complexity index is 2720. The number of likely N-dealkylation sites (tertiary alicyclic amines) is 1. The molecule has 6 heterocycles. The van der Waals surface area contributed by atoms with Crippen LogP contribution >= 0.6 is 0 Å². The minimum absolute atomic E-state index is 0.0121. The van der Waals surface area contributed by atoms with Gasteiger partial charge in [0.2, 0.25) is 5.43 Å². The molecule has 4 aromatic heterocycles. The molecule has 0 unspecified atom stereocenters. The van der Waals surface area contributed by atoms with Gasteiger partial charge in [0.1, 0.15) is 34.1 Å². The van der Waals surface area contributed by atoms with Crippen molar-refractivity contribution in [1.29, 1.82) is 0 Å². The summed E-state index contributed by atoms with van der Waals surface area (Å²) in [7, 11) is 0. The molecular weight excluding hydrogens is 763 g/mol. The van der Waals surface area contributed by atoms with E-state index in [1.165, 1.54) is 30.5 Å². The monoisotopic (exact) mass is 806 g/mol. The number of nitrogen functional groups attached to an aromatic ring is 1. The molecule has 4 N–H and O–H groups in total. The molecule has 14 nitrogen and oxygen atoms in total. The second-order valence-corrected chi connectivity index (χ2v) is 16.2. The van der Waals surface area contributed by atoms with Crippen molar-refractivity contribution < 1.29 is 27.8 Å². The number of nitrogens with two attached hydrogens (primary N) is 1. The van der Waals surface area contributed by atoms with Crippen LogP contribution in [0.15, 0.2) is 76.8 Å². The van der Waals surface area contributed by atoms with E-state index in [0.29, 0.717) is 56.8 Å². The maximum atomic E-state index is 16.0. The van der Waals surface area contributed by atoms with E-state index in [2.05, 4.69) is 20.4 Å². The van der Waals surface area contributed by atoms with Crippen LogP contribution in [0.1, 0.15) is 62.9 Å².